The first-order valence-electron chi connectivity index (χ1n) is 9.56. The van der Waals surface area contributed by atoms with Gasteiger partial charge in [-0.3, -0.25) is 9.69 Å². The number of amides is 1. The third-order valence-electron chi connectivity index (χ3n) is 5.19. The van der Waals surface area contributed by atoms with E-state index >= 15 is 0 Å². The summed E-state index contributed by atoms with van der Waals surface area (Å²) in [6.45, 7) is 1.65. The van der Waals surface area contributed by atoms with Crippen molar-refractivity contribution >= 4 is 58.0 Å². The topological polar surface area (TPSA) is 79.4 Å². The van der Waals surface area contributed by atoms with E-state index in [9.17, 15) is 4.79 Å². The van der Waals surface area contributed by atoms with Crippen LogP contribution in [0.3, 0.4) is 0 Å². The molecule has 5 rings (SSSR count). The second kappa shape index (κ2) is 8.16. The number of carbonyl (C=O) groups is 1. The second-order valence-electron chi connectivity index (χ2n) is 7.14. The summed E-state index contributed by atoms with van der Waals surface area (Å²) in [6.07, 6.45) is 2.34. The van der Waals surface area contributed by atoms with Crippen molar-refractivity contribution in [2.75, 3.05) is 23.5 Å². The Bertz CT molecular complexity index is 1180. The molecule has 0 atom stereocenters. The van der Waals surface area contributed by atoms with Crippen LogP contribution in [0.4, 0.5) is 17.3 Å². The molecule has 2 aliphatic rings. The van der Waals surface area contributed by atoms with E-state index in [4.69, 9.17) is 39.5 Å². The Labute approximate surface area is 193 Å². The summed E-state index contributed by atoms with van der Waals surface area (Å²) in [4.78, 5) is 23.0. The molecule has 3 aromatic rings. The first kappa shape index (κ1) is 20.3. The fourth-order valence-electron chi connectivity index (χ4n) is 3.64. The molecule has 0 spiro atoms. The molecule has 3 heterocycles. The third kappa shape index (κ3) is 3.78. The highest BCUT2D eigenvalue weighted by Crippen LogP contribution is 2.37. The average molecular weight is 477 g/mol. The van der Waals surface area contributed by atoms with Crippen molar-refractivity contribution in [3.63, 3.8) is 0 Å². The van der Waals surface area contributed by atoms with Crippen LogP contribution in [0.5, 0.6) is 5.88 Å². The molecule has 1 aromatic heterocycles. The highest BCUT2D eigenvalue weighted by atomic mass is 35.5. The molecule has 0 aliphatic carbocycles. The fourth-order valence-corrected chi connectivity index (χ4v) is 4.48. The molecule has 0 bridgehead atoms. The van der Waals surface area contributed by atoms with E-state index in [-0.39, 0.29) is 30.0 Å². The van der Waals surface area contributed by atoms with Gasteiger partial charge < -0.3 is 15.4 Å². The van der Waals surface area contributed by atoms with Gasteiger partial charge in [-0.1, -0.05) is 40.9 Å². The number of aromatic nitrogens is 2. The van der Waals surface area contributed by atoms with Gasteiger partial charge in [0, 0.05) is 12.7 Å². The van der Waals surface area contributed by atoms with Crippen molar-refractivity contribution in [1.82, 2.24) is 15.3 Å². The van der Waals surface area contributed by atoms with Gasteiger partial charge in [0.2, 0.25) is 11.8 Å². The molecule has 31 heavy (non-hydrogen) atoms. The molecular weight excluding hydrogens is 461 g/mol. The monoisotopic (exact) mass is 475 g/mol. The number of rotatable bonds is 3. The van der Waals surface area contributed by atoms with E-state index in [1.807, 2.05) is 12.1 Å². The minimum absolute atomic E-state index is 0.0711. The van der Waals surface area contributed by atoms with Crippen LogP contribution in [0.25, 0.3) is 0 Å². The van der Waals surface area contributed by atoms with E-state index < -0.39 is 0 Å². The summed E-state index contributed by atoms with van der Waals surface area (Å²) in [5.41, 5.74) is 3.71. The normalized spacial score (nSPS) is 15.2. The van der Waals surface area contributed by atoms with Gasteiger partial charge in [-0.15, -0.1) is 0 Å². The highest BCUT2D eigenvalue weighted by molar-refractivity contribution is 6.40. The molecule has 0 unspecified atom stereocenters. The first-order chi connectivity index (χ1) is 15.0. The number of benzene rings is 2. The predicted molar refractivity (Wildman–Crippen MR) is 121 cm³/mol. The maximum Gasteiger partial charge on any atom is 0.268 e. The minimum atomic E-state index is -0.345. The lowest BCUT2D eigenvalue weighted by Gasteiger charge is -2.29. The van der Waals surface area contributed by atoms with Crippen LogP contribution in [0.15, 0.2) is 36.5 Å². The second-order valence-corrected chi connectivity index (χ2v) is 8.36. The number of ether oxygens (including phenoxy) is 1. The van der Waals surface area contributed by atoms with Crippen LogP contribution in [0.1, 0.15) is 21.5 Å². The number of hydrogen-bond donors (Lipinski definition) is 2. The van der Waals surface area contributed by atoms with Crippen LogP contribution in [0.2, 0.25) is 15.1 Å². The molecule has 0 saturated heterocycles. The molecule has 2 N–H and O–H groups in total. The lowest BCUT2D eigenvalue weighted by Crippen LogP contribution is -2.39. The molecule has 2 aliphatic heterocycles. The van der Waals surface area contributed by atoms with E-state index in [1.54, 1.807) is 18.2 Å². The first-order valence-corrected chi connectivity index (χ1v) is 10.7. The van der Waals surface area contributed by atoms with Gasteiger partial charge in [0.25, 0.3) is 5.91 Å². The SMILES string of the molecule is O=C1c2cnc(Nc3cc4c(cc3Cl)CNCC4)nc2OCN1c1c(Cl)cccc1Cl. The Morgan fingerprint density at radius 1 is 1.10 bits per heavy atom. The zero-order chi connectivity index (χ0) is 21.5. The quantitative estimate of drug-likeness (QED) is 0.564. The summed E-state index contributed by atoms with van der Waals surface area (Å²) in [7, 11) is 0. The summed E-state index contributed by atoms with van der Waals surface area (Å²) < 4.78 is 5.73. The molecule has 0 radical (unpaired) electrons. The number of anilines is 3. The number of halogens is 3. The van der Waals surface area contributed by atoms with Crippen molar-refractivity contribution in [2.45, 2.75) is 13.0 Å². The molecular formula is C21H16Cl3N5O2. The minimum Gasteiger partial charge on any atom is -0.455 e. The van der Waals surface area contributed by atoms with E-state index in [0.29, 0.717) is 26.4 Å². The lowest BCUT2D eigenvalue weighted by molar-refractivity contribution is 0.0932. The molecule has 7 nitrogen and oxygen atoms in total. The number of hydrogen-bond acceptors (Lipinski definition) is 6. The number of fused-ring (bicyclic) bond motifs is 2. The largest absolute Gasteiger partial charge is 0.455 e. The Morgan fingerprint density at radius 2 is 1.90 bits per heavy atom. The third-order valence-corrected chi connectivity index (χ3v) is 6.11. The Kier molecular flexibility index (Phi) is 5.35. The number of nitrogens with zero attached hydrogens (tertiary/aromatic N) is 3. The average Bonchev–Trinajstić information content (AvgIpc) is 2.75. The van der Waals surface area contributed by atoms with Crippen molar-refractivity contribution in [3.05, 3.63) is 68.3 Å². The number of para-hydroxylation sites is 1. The van der Waals surface area contributed by atoms with Gasteiger partial charge in [0.1, 0.15) is 5.56 Å². The molecule has 0 saturated carbocycles. The van der Waals surface area contributed by atoms with Gasteiger partial charge in [-0.05, 0) is 48.4 Å². The fraction of sp³-hybridized carbons (Fsp3) is 0.190. The van der Waals surface area contributed by atoms with Gasteiger partial charge in [0.05, 0.1) is 26.4 Å². The molecule has 0 fully saturated rings. The van der Waals surface area contributed by atoms with E-state index in [2.05, 4.69) is 20.6 Å². The number of nitrogens with one attached hydrogen (secondary N) is 2. The zero-order valence-corrected chi connectivity index (χ0v) is 18.4. The van der Waals surface area contributed by atoms with E-state index in [1.165, 1.54) is 22.2 Å². The van der Waals surface area contributed by atoms with Crippen LogP contribution in [-0.2, 0) is 13.0 Å². The van der Waals surface area contributed by atoms with Crippen LogP contribution >= 0.6 is 34.8 Å². The van der Waals surface area contributed by atoms with Crippen molar-refractivity contribution < 1.29 is 9.53 Å². The van der Waals surface area contributed by atoms with Crippen LogP contribution < -0.4 is 20.3 Å². The molecule has 1 amide bonds. The van der Waals surface area contributed by atoms with Gasteiger partial charge >= 0.3 is 0 Å². The zero-order valence-electron chi connectivity index (χ0n) is 16.1. The predicted octanol–water partition coefficient (Wildman–Crippen LogP) is 4.82. The summed E-state index contributed by atoms with van der Waals surface area (Å²) in [5.74, 6) is 0.119. The Hall–Kier alpha value is -2.58. The maximum atomic E-state index is 13.0. The smallest absolute Gasteiger partial charge is 0.268 e. The maximum absolute atomic E-state index is 13.0. The van der Waals surface area contributed by atoms with Gasteiger partial charge in [0.15, 0.2) is 6.73 Å². The summed E-state index contributed by atoms with van der Waals surface area (Å²) in [5, 5.41) is 7.72. The molecule has 158 valence electrons. The molecule has 2 aromatic carbocycles. The van der Waals surface area contributed by atoms with Crippen LogP contribution in [0, 0.1) is 0 Å². The lowest BCUT2D eigenvalue weighted by atomic mass is 10.0. The van der Waals surface area contributed by atoms with Crippen molar-refractivity contribution in [1.29, 1.82) is 0 Å². The standard InChI is InChI=1S/C21H16Cl3N5O2/c22-14-2-1-3-15(23)18(14)29-10-31-19-13(20(29)30)9-26-21(28-19)27-17-7-11-4-5-25-8-12(11)6-16(17)24/h1-3,6-7,9,25H,4-5,8,10H2,(H,26,27,28). The summed E-state index contributed by atoms with van der Waals surface area (Å²) in [6, 6.07) is 8.98. The van der Waals surface area contributed by atoms with Crippen molar-refractivity contribution in [3.8, 4) is 5.88 Å². The Morgan fingerprint density at radius 3 is 2.71 bits per heavy atom. The summed E-state index contributed by atoms with van der Waals surface area (Å²) >= 11 is 18.9. The highest BCUT2D eigenvalue weighted by Gasteiger charge is 2.31. The van der Waals surface area contributed by atoms with Gasteiger partial charge in [-0.2, -0.15) is 4.98 Å². The van der Waals surface area contributed by atoms with Crippen molar-refractivity contribution in [2.24, 2.45) is 0 Å². The van der Waals surface area contributed by atoms with Gasteiger partial charge in [-0.25, -0.2) is 4.98 Å². The van der Waals surface area contributed by atoms with E-state index in [0.717, 1.165) is 19.5 Å². The molecule has 10 heteroatoms. The Balaban J connectivity index is 1.42. The number of carbonyl (C=O) groups excluding carboxylic acids is 1. The van der Waals surface area contributed by atoms with Crippen LogP contribution in [-0.4, -0.2) is 29.2 Å².